The zero-order valence-electron chi connectivity index (χ0n) is 10.2. The maximum atomic E-state index is 11.7. The third kappa shape index (κ3) is 3.09. The summed E-state index contributed by atoms with van der Waals surface area (Å²) in [5.41, 5.74) is 0.770. The molecule has 2 unspecified atom stereocenters. The Kier molecular flexibility index (Phi) is 3.79. The summed E-state index contributed by atoms with van der Waals surface area (Å²) in [6.45, 7) is 1.18. The van der Waals surface area contributed by atoms with E-state index in [4.69, 9.17) is 4.74 Å². The van der Waals surface area contributed by atoms with E-state index in [1.807, 2.05) is 6.07 Å². The van der Waals surface area contributed by atoms with Crippen molar-refractivity contribution >= 4 is 17.9 Å². The summed E-state index contributed by atoms with van der Waals surface area (Å²) in [4.78, 5) is 34.0. The van der Waals surface area contributed by atoms with Gasteiger partial charge in [-0.3, -0.25) is 0 Å². The van der Waals surface area contributed by atoms with Gasteiger partial charge in [0.15, 0.2) is 6.61 Å². The van der Waals surface area contributed by atoms with Crippen molar-refractivity contribution in [3.8, 4) is 0 Å². The van der Waals surface area contributed by atoms with E-state index in [1.54, 1.807) is 31.2 Å². The predicted molar refractivity (Wildman–Crippen MR) is 61.8 cm³/mol. The highest BCUT2D eigenvalue weighted by Gasteiger charge is 2.38. The van der Waals surface area contributed by atoms with E-state index in [9.17, 15) is 14.4 Å². The van der Waals surface area contributed by atoms with Gasteiger partial charge in [0.05, 0.1) is 0 Å². The van der Waals surface area contributed by atoms with Gasteiger partial charge in [-0.2, -0.15) is 0 Å². The Morgan fingerprint density at radius 3 is 2.68 bits per heavy atom. The normalized spacial score (nSPS) is 20.2. The average molecular weight is 264 g/mol. The molecule has 100 valence electrons. The highest BCUT2D eigenvalue weighted by Crippen LogP contribution is 2.18. The molecule has 2 rings (SSSR count). The van der Waals surface area contributed by atoms with Gasteiger partial charge < -0.3 is 14.2 Å². The topological polar surface area (TPSA) is 78.9 Å². The van der Waals surface area contributed by atoms with Gasteiger partial charge in [-0.1, -0.05) is 30.3 Å². The van der Waals surface area contributed by atoms with Crippen LogP contribution in [-0.2, 0) is 28.6 Å². The minimum absolute atomic E-state index is 0.475. The lowest BCUT2D eigenvalue weighted by Gasteiger charge is -2.21. The van der Waals surface area contributed by atoms with Crippen LogP contribution in [0.25, 0.3) is 0 Å². The van der Waals surface area contributed by atoms with Crippen LogP contribution in [0.4, 0.5) is 0 Å². The maximum Gasteiger partial charge on any atom is 0.360 e. The molecular formula is C13H12O6. The van der Waals surface area contributed by atoms with Crippen molar-refractivity contribution in [1.29, 1.82) is 0 Å². The van der Waals surface area contributed by atoms with E-state index in [-0.39, 0.29) is 0 Å². The van der Waals surface area contributed by atoms with Crippen molar-refractivity contribution in [2.24, 2.45) is 0 Å². The van der Waals surface area contributed by atoms with E-state index in [2.05, 4.69) is 9.47 Å². The molecule has 1 aliphatic rings. The quantitative estimate of drug-likeness (QED) is 0.455. The average Bonchev–Trinajstić information content (AvgIpc) is 2.42. The fourth-order valence-electron chi connectivity index (χ4n) is 1.59. The zero-order valence-corrected chi connectivity index (χ0v) is 10.2. The maximum absolute atomic E-state index is 11.7. The molecule has 6 nitrogen and oxygen atoms in total. The molecule has 0 spiro atoms. The van der Waals surface area contributed by atoms with Crippen LogP contribution in [0.1, 0.15) is 18.6 Å². The number of carbonyl (C=O) groups is 3. The van der Waals surface area contributed by atoms with Crippen LogP contribution >= 0.6 is 0 Å². The summed E-state index contributed by atoms with van der Waals surface area (Å²) < 4.78 is 14.2. The lowest BCUT2D eigenvalue weighted by molar-refractivity contribution is -0.194. The van der Waals surface area contributed by atoms with Crippen molar-refractivity contribution in [2.45, 2.75) is 19.1 Å². The van der Waals surface area contributed by atoms with Crippen LogP contribution in [0.3, 0.4) is 0 Å². The number of benzene rings is 1. The minimum Gasteiger partial charge on any atom is -0.455 e. The molecule has 0 aliphatic carbocycles. The molecule has 0 bridgehead atoms. The van der Waals surface area contributed by atoms with Crippen LogP contribution in [0, 0.1) is 0 Å². The summed E-state index contributed by atoms with van der Waals surface area (Å²) in [5.74, 6) is -2.62. The van der Waals surface area contributed by atoms with E-state index >= 15 is 0 Å². The molecule has 1 fully saturated rings. The molecule has 0 N–H and O–H groups in total. The Balaban J connectivity index is 2.00. The Labute approximate surface area is 109 Å². The predicted octanol–water partition coefficient (Wildman–Crippen LogP) is 0.759. The fourth-order valence-corrected chi connectivity index (χ4v) is 1.59. The van der Waals surface area contributed by atoms with Gasteiger partial charge in [0.1, 0.15) is 6.10 Å². The SMILES string of the molecule is CC(OC(=O)C1OC(=O)COC1=O)c1ccccc1. The Hall–Kier alpha value is -2.37. The molecule has 0 aromatic heterocycles. The zero-order chi connectivity index (χ0) is 13.8. The summed E-state index contributed by atoms with van der Waals surface area (Å²) in [6.07, 6.45) is -2.19. The molecule has 6 heteroatoms. The summed E-state index contributed by atoms with van der Waals surface area (Å²) in [5, 5.41) is 0. The van der Waals surface area contributed by atoms with Gasteiger partial charge in [0.2, 0.25) is 0 Å². The first-order chi connectivity index (χ1) is 9.08. The molecule has 1 saturated heterocycles. The van der Waals surface area contributed by atoms with Gasteiger partial charge in [0.25, 0.3) is 6.10 Å². The third-order valence-corrected chi connectivity index (χ3v) is 2.57. The second-order valence-electron chi connectivity index (χ2n) is 3.97. The van der Waals surface area contributed by atoms with Crippen molar-refractivity contribution in [3.63, 3.8) is 0 Å². The molecule has 1 aromatic rings. The van der Waals surface area contributed by atoms with E-state index in [1.165, 1.54) is 0 Å². The first-order valence-corrected chi connectivity index (χ1v) is 5.69. The van der Waals surface area contributed by atoms with Gasteiger partial charge in [-0.25, -0.2) is 14.4 Å². The van der Waals surface area contributed by atoms with Gasteiger partial charge in [-0.15, -0.1) is 0 Å². The van der Waals surface area contributed by atoms with Gasteiger partial charge >= 0.3 is 17.9 Å². The summed E-state index contributed by atoms with van der Waals surface area (Å²) in [7, 11) is 0. The molecule has 1 aliphatic heterocycles. The van der Waals surface area contributed by atoms with Crippen molar-refractivity contribution < 1.29 is 28.6 Å². The van der Waals surface area contributed by atoms with Crippen LogP contribution in [-0.4, -0.2) is 30.6 Å². The molecule has 2 atom stereocenters. The van der Waals surface area contributed by atoms with Crippen molar-refractivity contribution in [2.75, 3.05) is 6.61 Å². The smallest absolute Gasteiger partial charge is 0.360 e. The number of rotatable bonds is 3. The standard InChI is InChI=1S/C13H12O6/c1-8(9-5-3-2-4-6-9)18-13(16)11-12(15)17-7-10(14)19-11/h2-6,8,11H,7H2,1H3. The van der Waals surface area contributed by atoms with E-state index < -0.39 is 36.7 Å². The fraction of sp³-hybridized carbons (Fsp3) is 0.308. The number of esters is 3. The van der Waals surface area contributed by atoms with Crippen LogP contribution < -0.4 is 0 Å². The largest absolute Gasteiger partial charge is 0.455 e. The monoisotopic (exact) mass is 264 g/mol. The Morgan fingerprint density at radius 2 is 2.00 bits per heavy atom. The first kappa shape index (κ1) is 13.1. The highest BCUT2D eigenvalue weighted by atomic mass is 16.7. The lowest BCUT2D eigenvalue weighted by atomic mass is 10.1. The Bertz CT molecular complexity index is 495. The van der Waals surface area contributed by atoms with Crippen LogP contribution in [0.2, 0.25) is 0 Å². The molecule has 0 amide bonds. The number of carbonyl (C=O) groups excluding carboxylic acids is 3. The van der Waals surface area contributed by atoms with Gasteiger partial charge in [-0.05, 0) is 12.5 Å². The molecule has 0 radical (unpaired) electrons. The molecule has 0 saturated carbocycles. The third-order valence-electron chi connectivity index (χ3n) is 2.57. The summed E-state index contributed by atoms with van der Waals surface area (Å²) in [6, 6.07) is 8.99. The van der Waals surface area contributed by atoms with E-state index in [0.717, 1.165) is 5.56 Å². The second kappa shape index (κ2) is 5.51. The molecule has 19 heavy (non-hydrogen) atoms. The lowest BCUT2D eigenvalue weighted by Crippen LogP contribution is -2.43. The summed E-state index contributed by atoms with van der Waals surface area (Å²) >= 11 is 0. The van der Waals surface area contributed by atoms with Gasteiger partial charge in [0, 0.05) is 0 Å². The number of cyclic esters (lactones) is 2. The second-order valence-corrected chi connectivity index (χ2v) is 3.97. The first-order valence-electron chi connectivity index (χ1n) is 5.69. The molecular weight excluding hydrogens is 252 g/mol. The van der Waals surface area contributed by atoms with Crippen LogP contribution in [0.5, 0.6) is 0 Å². The van der Waals surface area contributed by atoms with Crippen molar-refractivity contribution in [1.82, 2.24) is 0 Å². The Morgan fingerprint density at radius 1 is 1.32 bits per heavy atom. The molecule has 1 aromatic carbocycles. The van der Waals surface area contributed by atoms with E-state index in [0.29, 0.717) is 0 Å². The molecule has 1 heterocycles. The highest BCUT2D eigenvalue weighted by molar-refractivity contribution is 6.02. The van der Waals surface area contributed by atoms with Crippen LogP contribution in [0.15, 0.2) is 30.3 Å². The number of hydrogen-bond acceptors (Lipinski definition) is 6. The number of hydrogen-bond donors (Lipinski definition) is 0. The minimum atomic E-state index is -1.63. The number of ether oxygens (including phenoxy) is 3. The van der Waals surface area contributed by atoms with Crippen molar-refractivity contribution in [3.05, 3.63) is 35.9 Å².